The molecule has 0 saturated heterocycles. The molecule has 0 unspecified atom stereocenters. The monoisotopic (exact) mass is 250 g/mol. The molecule has 98 valence electrons. The third-order valence-corrected chi connectivity index (χ3v) is 2.60. The SMILES string of the molecule is COC(=O)c1cc(N/N=C(\C)C(C)C)ccc1O. The van der Waals surface area contributed by atoms with E-state index in [9.17, 15) is 9.90 Å². The van der Waals surface area contributed by atoms with E-state index in [4.69, 9.17) is 0 Å². The molecule has 0 fully saturated rings. The van der Waals surface area contributed by atoms with Crippen LogP contribution in [0.25, 0.3) is 0 Å². The molecule has 0 atom stereocenters. The second kappa shape index (κ2) is 6.05. The number of ether oxygens (including phenoxy) is 1. The van der Waals surface area contributed by atoms with Crippen LogP contribution in [0.1, 0.15) is 31.1 Å². The summed E-state index contributed by atoms with van der Waals surface area (Å²) in [7, 11) is 1.27. The van der Waals surface area contributed by atoms with Crippen molar-refractivity contribution in [2.45, 2.75) is 20.8 Å². The fraction of sp³-hybridized carbons (Fsp3) is 0.385. The van der Waals surface area contributed by atoms with Crippen LogP contribution in [0, 0.1) is 5.92 Å². The number of methoxy groups -OCH3 is 1. The van der Waals surface area contributed by atoms with Gasteiger partial charge in [-0.3, -0.25) is 5.43 Å². The summed E-state index contributed by atoms with van der Waals surface area (Å²) in [4.78, 5) is 11.4. The highest BCUT2D eigenvalue weighted by Crippen LogP contribution is 2.22. The molecule has 1 rings (SSSR count). The summed E-state index contributed by atoms with van der Waals surface area (Å²) in [5, 5.41) is 13.7. The van der Waals surface area contributed by atoms with Crippen molar-refractivity contribution >= 4 is 17.4 Å². The molecule has 0 saturated carbocycles. The lowest BCUT2D eigenvalue weighted by Gasteiger charge is -2.08. The molecule has 1 aromatic rings. The summed E-state index contributed by atoms with van der Waals surface area (Å²) in [6, 6.07) is 4.56. The summed E-state index contributed by atoms with van der Waals surface area (Å²) in [5.74, 6) is -0.354. The first-order valence-corrected chi connectivity index (χ1v) is 5.67. The van der Waals surface area contributed by atoms with Gasteiger partial charge in [0, 0.05) is 5.71 Å². The predicted molar refractivity (Wildman–Crippen MR) is 71.0 cm³/mol. The first-order chi connectivity index (χ1) is 8.45. The maximum Gasteiger partial charge on any atom is 0.341 e. The Kier molecular flexibility index (Phi) is 4.71. The smallest absolute Gasteiger partial charge is 0.341 e. The summed E-state index contributed by atoms with van der Waals surface area (Å²) in [6.45, 7) is 5.99. The van der Waals surface area contributed by atoms with E-state index in [0.717, 1.165) is 5.71 Å². The van der Waals surface area contributed by atoms with Crippen LogP contribution >= 0.6 is 0 Å². The Morgan fingerprint density at radius 1 is 1.44 bits per heavy atom. The summed E-state index contributed by atoms with van der Waals surface area (Å²) in [5.41, 5.74) is 4.52. The van der Waals surface area contributed by atoms with Crippen molar-refractivity contribution in [3.63, 3.8) is 0 Å². The second-order valence-corrected chi connectivity index (χ2v) is 4.24. The van der Waals surface area contributed by atoms with Gasteiger partial charge in [-0.1, -0.05) is 13.8 Å². The molecule has 0 amide bonds. The molecule has 1 aromatic carbocycles. The maximum absolute atomic E-state index is 11.4. The van der Waals surface area contributed by atoms with Crippen molar-refractivity contribution in [2.24, 2.45) is 11.0 Å². The van der Waals surface area contributed by atoms with Crippen molar-refractivity contribution in [3.05, 3.63) is 23.8 Å². The van der Waals surface area contributed by atoms with Crippen molar-refractivity contribution < 1.29 is 14.6 Å². The van der Waals surface area contributed by atoms with Crippen LogP contribution < -0.4 is 5.43 Å². The number of benzene rings is 1. The van der Waals surface area contributed by atoms with E-state index in [1.807, 2.05) is 20.8 Å². The number of hydrogen-bond acceptors (Lipinski definition) is 5. The minimum Gasteiger partial charge on any atom is -0.507 e. The minimum absolute atomic E-state index is 0.111. The molecule has 18 heavy (non-hydrogen) atoms. The van der Waals surface area contributed by atoms with Crippen LogP contribution in [0.15, 0.2) is 23.3 Å². The number of anilines is 1. The van der Waals surface area contributed by atoms with E-state index in [2.05, 4.69) is 15.3 Å². The van der Waals surface area contributed by atoms with Crippen LogP contribution in [-0.2, 0) is 4.74 Å². The lowest BCUT2D eigenvalue weighted by molar-refractivity contribution is 0.0597. The fourth-order valence-electron chi connectivity index (χ4n) is 1.16. The van der Waals surface area contributed by atoms with Gasteiger partial charge in [-0.15, -0.1) is 0 Å². The average molecular weight is 250 g/mol. The van der Waals surface area contributed by atoms with E-state index in [1.165, 1.54) is 19.2 Å². The third kappa shape index (κ3) is 3.48. The van der Waals surface area contributed by atoms with Gasteiger partial charge in [-0.25, -0.2) is 4.79 Å². The van der Waals surface area contributed by atoms with Crippen molar-refractivity contribution in [3.8, 4) is 5.75 Å². The molecular weight excluding hydrogens is 232 g/mol. The van der Waals surface area contributed by atoms with E-state index >= 15 is 0 Å². The Morgan fingerprint density at radius 3 is 2.67 bits per heavy atom. The average Bonchev–Trinajstić information content (AvgIpc) is 2.36. The Labute approximate surface area is 106 Å². The summed E-state index contributed by atoms with van der Waals surface area (Å²) < 4.78 is 4.57. The Hall–Kier alpha value is -2.04. The highest BCUT2D eigenvalue weighted by atomic mass is 16.5. The number of carbonyl (C=O) groups excluding carboxylic acids is 1. The molecule has 5 heteroatoms. The number of rotatable bonds is 4. The highest BCUT2D eigenvalue weighted by molar-refractivity contribution is 5.93. The zero-order chi connectivity index (χ0) is 13.7. The van der Waals surface area contributed by atoms with Gasteiger partial charge in [0.25, 0.3) is 0 Å². The number of nitrogens with zero attached hydrogens (tertiary/aromatic N) is 1. The van der Waals surface area contributed by atoms with E-state index in [1.54, 1.807) is 6.07 Å². The molecule has 5 nitrogen and oxygen atoms in total. The summed E-state index contributed by atoms with van der Waals surface area (Å²) >= 11 is 0. The normalized spacial score (nSPS) is 11.5. The van der Waals surface area contributed by atoms with Gasteiger partial charge in [0.05, 0.1) is 12.8 Å². The summed E-state index contributed by atoms with van der Waals surface area (Å²) in [6.07, 6.45) is 0. The number of nitrogens with one attached hydrogen (secondary N) is 1. The topological polar surface area (TPSA) is 70.9 Å². The molecule has 0 aliphatic heterocycles. The lowest BCUT2D eigenvalue weighted by Crippen LogP contribution is -2.06. The number of esters is 1. The fourth-order valence-corrected chi connectivity index (χ4v) is 1.16. The lowest BCUT2D eigenvalue weighted by atomic mass is 10.1. The standard InChI is InChI=1S/C13H18N2O3/c1-8(2)9(3)14-15-10-5-6-12(16)11(7-10)13(17)18-4/h5-8,15-16H,1-4H3/b14-9+. The minimum atomic E-state index is -0.583. The van der Waals surface area contributed by atoms with Crippen molar-refractivity contribution in [1.82, 2.24) is 0 Å². The van der Waals surface area contributed by atoms with Crippen LogP contribution in [0.4, 0.5) is 5.69 Å². The quantitative estimate of drug-likeness (QED) is 0.373. The molecule has 0 bridgehead atoms. The molecule has 0 spiro atoms. The van der Waals surface area contributed by atoms with Gasteiger partial charge in [0.2, 0.25) is 0 Å². The molecule has 0 radical (unpaired) electrons. The molecular formula is C13H18N2O3. The molecule has 2 N–H and O–H groups in total. The number of aromatic hydroxyl groups is 1. The number of carbonyl (C=O) groups is 1. The number of phenolic OH excluding ortho intramolecular Hbond substituents is 1. The van der Waals surface area contributed by atoms with Crippen LogP contribution in [0.3, 0.4) is 0 Å². The number of hydrogen-bond donors (Lipinski definition) is 2. The van der Waals surface area contributed by atoms with E-state index in [-0.39, 0.29) is 11.3 Å². The maximum atomic E-state index is 11.4. The Balaban J connectivity index is 2.92. The van der Waals surface area contributed by atoms with Gasteiger partial charge >= 0.3 is 5.97 Å². The molecule has 0 aliphatic rings. The van der Waals surface area contributed by atoms with Gasteiger partial charge in [0.15, 0.2) is 0 Å². The Morgan fingerprint density at radius 2 is 2.11 bits per heavy atom. The largest absolute Gasteiger partial charge is 0.507 e. The van der Waals surface area contributed by atoms with Crippen LogP contribution in [0.5, 0.6) is 5.75 Å². The predicted octanol–water partition coefficient (Wildman–Crippen LogP) is 2.62. The first kappa shape index (κ1) is 14.0. The first-order valence-electron chi connectivity index (χ1n) is 5.67. The zero-order valence-electron chi connectivity index (χ0n) is 11.0. The Bertz CT molecular complexity index is 467. The van der Waals surface area contributed by atoms with Gasteiger partial charge in [-0.2, -0.15) is 5.10 Å². The van der Waals surface area contributed by atoms with E-state index in [0.29, 0.717) is 11.6 Å². The zero-order valence-corrected chi connectivity index (χ0v) is 11.0. The van der Waals surface area contributed by atoms with Crippen molar-refractivity contribution in [2.75, 3.05) is 12.5 Å². The van der Waals surface area contributed by atoms with Crippen LogP contribution in [-0.4, -0.2) is 23.9 Å². The molecule has 0 aliphatic carbocycles. The number of phenols is 1. The van der Waals surface area contributed by atoms with E-state index < -0.39 is 5.97 Å². The number of hydrazone groups is 1. The second-order valence-electron chi connectivity index (χ2n) is 4.24. The molecule has 0 aromatic heterocycles. The van der Waals surface area contributed by atoms with Gasteiger partial charge in [-0.05, 0) is 31.0 Å². The highest BCUT2D eigenvalue weighted by Gasteiger charge is 2.11. The van der Waals surface area contributed by atoms with Crippen LogP contribution in [0.2, 0.25) is 0 Å². The molecule has 0 heterocycles. The van der Waals surface area contributed by atoms with Gasteiger partial charge in [0.1, 0.15) is 11.3 Å². The third-order valence-electron chi connectivity index (χ3n) is 2.60. The van der Waals surface area contributed by atoms with Gasteiger partial charge < -0.3 is 9.84 Å². The van der Waals surface area contributed by atoms with Crippen molar-refractivity contribution in [1.29, 1.82) is 0 Å².